The highest BCUT2D eigenvalue weighted by Crippen LogP contribution is 2.30. The van der Waals surface area contributed by atoms with Crippen LogP contribution in [0.1, 0.15) is 37.5 Å². The average Bonchev–Trinajstić information content (AvgIpc) is 2.65. The fourth-order valence-corrected chi connectivity index (χ4v) is 3.33. The van der Waals surface area contributed by atoms with Gasteiger partial charge in [0.05, 0.1) is 5.39 Å². The number of carbonyl (C=O) groups excluding carboxylic acids is 2. The van der Waals surface area contributed by atoms with Crippen molar-refractivity contribution >= 4 is 23.0 Å². The Hall–Kier alpha value is -3.61. The summed E-state index contributed by atoms with van der Waals surface area (Å²) in [5, 5.41) is 3.15. The molecule has 0 aliphatic rings. The highest BCUT2D eigenvalue weighted by atomic mass is 16.6. The topological polar surface area (TPSA) is 94.8 Å². The van der Waals surface area contributed by atoms with Crippen molar-refractivity contribution in [3.8, 4) is 5.75 Å². The first-order valence-corrected chi connectivity index (χ1v) is 10.3. The van der Waals surface area contributed by atoms with Gasteiger partial charge in [-0.1, -0.05) is 30.3 Å². The van der Waals surface area contributed by atoms with Crippen molar-refractivity contribution in [3.05, 3.63) is 75.6 Å². The first kappa shape index (κ1) is 23.1. The lowest BCUT2D eigenvalue weighted by Crippen LogP contribution is -2.46. The number of benzene rings is 2. The van der Waals surface area contributed by atoms with Crippen molar-refractivity contribution in [3.63, 3.8) is 0 Å². The van der Waals surface area contributed by atoms with Crippen molar-refractivity contribution in [2.75, 3.05) is 0 Å². The molecule has 3 rings (SSSR count). The van der Waals surface area contributed by atoms with E-state index in [4.69, 9.17) is 13.9 Å². The largest absolute Gasteiger partial charge is 0.444 e. The maximum absolute atomic E-state index is 13.2. The number of fused-ring (bicyclic) bond motifs is 1. The van der Waals surface area contributed by atoms with Gasteiger partial charge in [0, 0.05) is 12.5 Å². The molecule has 0 unspecified atom stereocenters. The third-order valence-electron chi connectivity index (χ3n) is 4.62. The maximum atomic E-state index is 13.2. The molecule has 1 aromatic heterocycles. The number of rotatable bonds is 5. The van der Waals surface area contributed by atoms with Crippen molar-refractivity contribution in [1.82, 2.24) is 5.32 Å². The first-order valence-electron chi connectivity index (χ1n) is 10.3. The van der Waals surface area contributed by atoms with Crippen LogP contribution in [0.25, 0.3) is 11.0 Å². The van der Waals surface area contributed by atoms with Crippen LogP contribution in [-0.2, 0) is 16.0 Å². The third kappa shape index (κ3) is 5.97. The molecule has 0 saturated carbocycles. The molecule has 0 aliphatic heterocycles. The Morgan fingerprint density at radius 3 is 2.41 bits per heavy atom. The van der Waals surface area contributed by atoms with Gasteiger partial charge in [-0.25, -0.2) is 14.4 Å². The summed E-state index contributed by atoms with van der Waals surface area (Å²) in [5.74, 6) is -0.396. The van der Waals surface area contributed by atoms with E-state index in [0.29, 0.717) is 16.5 Å². The van der Waals surface area contributed by atoms with E-state index in [1.54, 1.807) is 46.8 Å². The molecule has 168 valence electrons. The molecule has 0 saturated heterocycles. The lowest BCUT2D eigenvalue weighted by atomic mass is 10.1. The molecule has 0 aliphatic carbocycles. The third-order valence-corrected chi connectivity index (χ3v) is 4.62. The number of esters is 1. The number of hydrogen-bond acceptors (Lipinski definition) is 6. The van der Waals surface area contributed by atoms with E-state index in [0.717, 1.165) is 11.1 Å². The SMILES string of the molecule is Cc1cc(OC(=O)[C@H](Cc2ccccc2)NC(=O)OC(C)(C)C)c2c(C)cc(=O)oc2c1. The monoisotopic (exact) mass is 437 g/mol. The number of carbonyl (C=O) groups is 2. The normalized spacial score (nSPS) is 12.3. The van der Waals surface area contributed by atoms with Crippen LogP contribution < -0.4 is 15.7 Å². The molecule has 32 heavy (non-hydrogen) atoms. The summed E-state index contributed by atoms with van der Waals surface area (Å²) in [5.41, 5.74) is 1.37. The molecule has 0 radical (unpaired) electrons. The van der Waals surface area contributed by atoms with Gasteiger partial charge in [-0.15, -0.1) is 0 Å². The van der Waals surface area contributed by atoms with Gasteiger partial charge < -0.3 is 19.2 Å². The highest BCUT2D eigenvalue weighted by Gasteiger charge is 2.27. The summed E-state index contributed by atoms with van der Waals surface area (Å²) in [4.78, 5) is 37.3. The van der Waals surface area contributed by atoms with Gasteiger partial charge in [-0.2, -0.15) is 0 Å². The molecule has 0 spiro atoms. The Labute approximate surface area is 186 Å². The molecule has 7 heteroatoms. The summed E-state index contributed by atoms with van der Waals surface area (Å²) in [6, 6.07) is 13.1. The van der Waals surface area contributed by atoms with Crippen molar-refractivity contribution in [1.29, 1.82) is 0 Å². The summed E-state index contributed by atoms with van der Waals surface area (Å²) in [6.45, 7) is 8.78. The molecule has 0 fully saturated rings. The predicted octanol–water partition coefficient (Wildman–Crippen LogP) is 4.45. The van der Waals surface area contributed by atoms with E-state index < -0.39 is 29.3 Å². The van der Waals surface area contributed by atoms with Gasteiger partial charge in [0.1, 0.15) is 23.0 Å². The van der Waals surface area contributed by atoms with E-state index in [9.17, 15) is 14.4 Å². The quantitative estimate of drug-likeness (QED) is 0.360. The van der Waals surface area contributed by atoms with Crippen molar-refractivity contribution < 1.29 is 23.5 Å². The van der Waals surface area contributed by atoms with Crippen LogP contribution in [0.2, 0.25) is 0 Å². The van der Waals surface area contributed by atoms with E-state index in [-0.39, 0.29) is 12.2 Å². The van der Waals surface area contributed by atoms with Gasteiger partial charge in [0.2, 0.25) is 0 Å². The van der Waals surface area contributed by atoms with E-state index in [1.165, 1.54) is 6.07 Å². The van der Waals surface area contributed by atoms with E-state index in [1.807, 2.05) is 30.3 Å². The van der Waals surface area contributed by atoms with E-state index >= 15 is 0 Å². The van der Waals surface area contributed by atoms with Crippen LogP contribution in [0.4, 0.5) is 4.79 Å². The van der Waals surface area contributed by atoms with Crippen LogP contribution in [0, 0.1) is 13.8 Å². The van der Waals surface area contributed by atoms with Crippen LogP contribution in [-0.4, -0.2) is 23.7 Å². The summed E-state index contributed by atoms with van der Waals surface area (Å²) in [7, 11) is 0. The summed E-state index contributed by atoms with van der Waals surface area (Å²) in [6.07, 6.45) is -0.497. The molecule has 1 N–H and O–H groups in total. The number of hydrogen-bond donors (Lipinski definition) is 1. The molecule has 1 heterocycles. The Kier molecular flexibility index (Phi) is 6.67. The maximum Gasteiger partial charge on any atom is 0.408 e. The van der Waals surface area contributed by atoms with Crippen LogP contribution in [0.15, 0.2) is 57.7 Å². The fourth-order valence-electron chi connectivity index (χ4n) is 3.33. The zero-order valence-corrected chi connectivity index (χ0v) is 18.9. The smallest absolute Gasteiger partial charge is 0.408 e. The zero-order valence-electron chi connectivity index (χ0n) is 18.9. The minimum atomic E-state index is -0.987. The minimum absolute atomic E-state index is 0.219. The highest BCUT2D eigenvalue weighted by molar-refractivity contribution is 5.91. The first-order chi connectivity index (χ1) is 15.0. The number of aryl methyl sites for hydroxylation is 2. The Balaban J connectivity index is 1.92. The second-order valence-corrected chi connectivity index (χ2v) is 8.69. The molecule has 7 nitrogen and oxygen atoms in total. The van der Waals surface area contributed by atoms with Crippen molar-refractivity contribution in [2.24, 2.45) is 0 Å². The van der Waals surface area contributed by atoms with Crippen LogP contribution in [0.3, 0.4) is 0 Å². The van der Waals surface area contributed by atoms with Crippen LogP contribution >= 0.6 is 0 Å². The minimum Gasteiger partial charge on any atom is -0.444 e. The molecular weight excluding hydrogens is 410 g/mol. The number of alkyl carbamates (subject to hydrolysis) is 1. The van der Waals surface area contributed by atoms with Gasteiger partial charge in [0.25, 0.3) is 0 Å². The van der Waals surface area contributed by atoms with Gasteiger partial charge in [-0.05, 0) is 63.4 Å². The molecule has 1 amide bonds. The number of amides is 1. The Morgan fingerprint density at radius 2 is 1.75 bits per heavy atom. The Morgan fingerprint density at radius 1 is 1.06 bits per heavy atom. The summed E-state index contributed by atoms with van der Waals surface area (Å²) >= 11 is 0. The predicted molar refractivity (Wildman–Crippen MR) is 121 cm³/mol. The molecule has 3 aromatic rings. The average molecular weight is 437 g/mol. The summed E-state index contributed by atoms with van der Waals surface area (Å²) < 4.78 is 16.3. The zero-order chi connectivity index (χ0) is 23.5. The standard InChI is InChI=1S/C25H27NO6/c1-15-11-19-22(16(2)13-21(27)30-19)20(12-15)31-23(28)18(14-17-9-7-6-8-10-17)26-24(29)32-25(3,4)5/h6-13,18H,14H2,1-5H3,(H,26,29)/t18-/m0/s1. The van der Waals surface area contributed by atoms with Gasteiger partial charge in [-0.3, -0.25) is 0 Å². The molecular formula is C25H27NO6. The Bertz CT molecular complexity index is 1190. The van der Waals surface area contributed by atoms with Crippen LogP contribution in [0.5, 0.6) is 5.75 Å². The second-order valence-electron chi connectivity index (χ2n) is 8.69. The number of nitrogens with one attached hydrogen (secondary N) is 1. The van der Waals surface area contributed by atoms with E-state index in [2.05, 4.69) is 5.32 Å². The molecule has 0 bridgehead atoms. The fraction of sp³-hybridized carbons (Fsp3) is 0.320. The van der Waals surface area contributed by atoms with Gasteiger partial charge in [0.15, 0.2) is 0 Å². The lowest BCUT2D eigenvalue weighted by molar-refractivity contribution is -0.136. The number of ether oxygens (including phenoxy) is 2. The van der Waals surface area contributed by atoms with Crippen molar-refractivity contribution in [2.45, 2.75) is 52.7 Å². The van der Waals surface area contributed by atoms with Gasteiger partial charge >= 0.3 is 17.7 Å². The second kappa shape index (κ2) is 9.26. The molecule has 1 atom stereocenters. The molecule has 2 aromatic carbocycles. The lowest BCUT2D eigenvalue weighted by Gasteiger charge is -2.23.